The lowest BCUT2D eigenvalue weighted by Gasteiger charge is -2.55. The van der Waals surface area contributed by atoms with Gasteiger partial charge in [-0.05, 0) is 42.1 Å². The number of hydrogen-bond acceptors (Lipinski definition) is 0. The van der Waals surface area contributed by atoms with Crippen LogP contribution in [0, 0.1) is 10.8 Å². The largest absolute Gasteiger partial charge is 0.0809 e. The van der Waals surface area contributed by atoms with Crippen molar-refractivity contribution < 1.29 is 0 Å². The zero-order valence-electron chi connectivity index (χ0n) is 11.9. The lowest BCUT2D eigenvalue weighted by molar-refractivity contribution is 0.0544. The second kappa shape index (κ2) is 3.73. The monoisotopic (exact) mass is 240 g/mol. The fourth-order valence-electron chi connectivity index (χ4n) is 3.95. The molecule has 1 saturated carbocycles. The maximum atomic E-state index is 2.55. The van der Waals surface area contributed by atoms with Gasteiger partial charge in [0.2, 0.25) is 0 Å². The molecule has 3 aliphatic carbocycles. The zero-order valence-corrected chi connectivity index (χ0v) is 11.9. The fourth-order valence-corrected chi connectivity index (χ4v) is 3.95. The number of rotatable bonds is 1. The molecule has 0 unspecified atom stereocenters. The van der Waals surface area contributed by atoms with Crippen LogP contribution in [0.4, 0.5) is 0 Å². The van der Waals surface area contributed by atoms with Gasteiger partial charge in [0.15, 0.2) is 0 Å². The first-order chi connectivity index (χ1) is 8.48. The summed E-state index contributed by atoms with van der Waals surface area (Å²) in [4.78, 5) is 0. The second-order valence-electron chi connectivity index (χ2n) is 7.26. The van der Waals surface area contributed by atoms with E-state index < -0.39 is 0 Å². The molecule has 0 atom stereocenters. The second-order valence-corrected chi connectivity index (χ2v) is 7.26. The molecule has 3 aliphatic rings. The average molecular weight is 240 g/mol. The molecule has 2 bridgehead atoms. The van der Waals surface area contributed by atoms with E-state index >= 15 is 0 Å². The Morgan fingerprint density at radius 3 is 1.89 bits per heavy atom. The van der Waals surface area contributed by atoms with E-state index in [-0.39, 0.29) is 0 Å². The van der Waals surface area contributed by atoms with Crippen molar-refractivity contribution in [2.45, 2.75) is 51.9 Å². The van der Waals surface area contributed by atoms with E-state index in [2.05, 4.69) is 63.3 Å². The summed E-state index contributed by atoms with van der Waals surface area (Å²) < 4.78 is 0. The highest BCUT2D eigenvalue weighted by molar-refractivity contribution is 5.36. The van der Waals surface area contributed by atoms with Gasteiger partial charge in [0, 0.05) is 5.41 Å². The summed E-state index contributed by atoms with van der Waals surface area (Å²) in [5, 5.41) is 0. The molecule has 4 rings (SSSR count). The molecule has 18 heavy (non-hydrogen) atoms. The molecule has 0 saturated heterocycles. The van der Waals surface area contributed by atoms with E-state index in [9.17, 15) is 0 Å². The molecule has 0 aromatic heterocycles. The van der Waals surface area contributed by atoms with Gasteiger partial charge in [-0.25, -0.2) is 0 Å². The molecule has 1 aromatic carbocycles. The van der Waals surface area contributed by atoms with Gasteiger partial charge >= 0.3 is 0 Å². The Morgan fingerprint density at radius 1 is 0.833 bits per heavy atom. The average Bonchev–Trinajstić information content (AvgIpc) is 2.41. The molecule has 0 radical (unpaired) electrons. The molecule has 0 aliphatic heterocycles. The Bertz CT molecular complexity index is 451. The van der Waals surface area contributed by atoms with Gasteiger partial charge < -0.3 is 0 Å². The van der Waals surface area contributed by atoms with Gasteiger partial charge in [-0.3, -0.25) is 0 Å². The number of hydrogen-bond donors (Lipinski definition) is 0. The number of allylic oxidation sites excluding steroid dienone is 2. The van der Waals surface area contributed by atoms with Gasteiger partial charge in [-0.2, -0.15) is 0 Å². The van der Waals surface area contributed by atoms with Gasteiger partial charge in [0.05, 0.1) is 0 Å². The fraction of sp³-hybridized carbons (Fsp3) is 0.556. The number of benzene rings is 1. The van der Waals surface area contributed by atoms with Crippen molar-refractivity contribution in [3.05, 3.63) is 48.0 Å². The Balaban J connectivity index is 1.99. The van der Waals surface area contributed by atoms with Crippen molar-refractivity contribution in [3.8, 4) is 0 Å². The third kappa shape index (κ3) is 1.58. The minimum atomic E-state index is 0.342. The van der Waals surface area contributed by atoms with Crippen LogP contribution in [0.1, 0.15) is 52.0 Å². The van der Waals surface area contributed by atoms with Crippen LogP contribution in [0.2, 0.25) is 0 Å². The Kier molecular flexibility index (Phi) is 2.49. The molecule has 96 valence electrons. The molecule has 1 fully saturated rings. The highest BCUT2D eigenvalue weighted by atomic mass is 14.5. The maximum Gasteiger partial charge on any atom is 0.0133 e. The van der Waals surface area contributed by atoms with Crippen LogP contribution < -0.4 is 0 Å². The van der Waals surface area contributed by atoms with Crippen molar-refractivity contribution in [2.75, 3.05) is 0 Å². The third-order valence-corrected chi connectivity index (χ3v) is 5.60. The van der Waals surface area contributed by atoms with E-state index in [0.717, 1.165) is 0 Å². The summed E-state index contributed by atoms with van der Waals surface area (Å²) in [6.45, 7) is 7.20. The summed E-state index contributed by atoms with van der Waals surface area (Å²) in [5.74, 6) is 0. The lowest BCUT2D eigenvalue weighted by Crippen LogP contribution is -2.46. The van der Waals surface area contributed by atoms with Gasteiger partial charge in [0.25, 0.3) is 0 Å². The Hall–Kier alpha value is -1.04. The van der Waals surface area contributed by atoms with Gasteiger partial charge in [0.1, 0.15) is 0 Å². The first kappa shape index (κ1) is 12.0. The molecule has 0 heterocycles. The standard InChI is InChI=1S/C18H24/c1-16(2,3)18-12-9-17(10-13-18,11-14-18)15-7-5-4-6-8-15/h4-9,12H,10-11,13-14H2,1-3H3. The predicted octanol–water partition coefficient (Wildman–Crippen LogP) is 5.10. The lowest BCUT2D eigenvalue weighted by atomic mass is 9.49. The number of fused-ring (bicyclic) bond motifs is 2. The van der Waals surface area contributed by atoms with E-state index in [1.54, 1.807) is 0 Å². The molecule has 0 spiro atoms. The van der Waals surface area contributed by atoms with Crippen LogP contribution in [0.3, 0.4) is 0 Å². The summed E-state index contributed by atoms with van der Waals surface area (Å²) in [5.41, 5.74) is 2.70. The van der Waals surface area contributed by atoms with Crippen molar-refractivity contribution in [1.82, 2.24) is 0 Å². The topological polar surface area (TPSA) is 0 Å². The SMILES string of the molecule is CC(C)(C)C12C=CC(c3ccccc3)(CC1)CC2. The minimum absolute atomic E-state index is 0.342. The highest BCUT2D eigenvalue weighted by Crippen LogP contribution is 2.59. The van der Waals surface area contributed by atoms with Gasteiger partial charge in [-0.1, -0.05) is 63.3 Å². The molecule has 0 N–H and O–H groups in total. The Morgan fingerprint density at radius 2 is 1.44 bits per heavy atom. The molecular formula is C18H24. The maximum absolute atomic E-state index is 2.55. The van der Waals surface area contributed by atoms with Crippen molar-refractivity contribution in [1.29, 1.82) is 0 Å². The highest BCUT2D eigenvalue weighted by Gasteiger charge is 2.50. The van der Waals surface area contributed by atoms with E-state index in [4.69, 9.17) is 0 Å². The summed E-state index contributed by atoms with van der Waals surface area (Å²) in [6.07, 6.45) is 10.4. The van der Waals surface area contributed by atoms with Crippen LogP contribution in [-0.2, 0) is 5.41 Å². The summed E-state index contributed by atoms with van der Waals surface area (Å²) in [7, 11) is 0. The first-order valence-electron chi connectivity index (χ1n) is 7.24. The summed E-state index contributed by atoms with van der Waals surface area (Å²) >= 11 is 0. The molecule has 1 aromatic rings. The minimum Gasteiger partial charge on any atom is -0.0809 e. The van der Waals surface area contributed by atoms with Crippen LogP contribution in [0.5, 0.6) is 0 Å². The van der Waals surface area contributed by atoms with Crippen molar-refractivity contribution >= 4 is 0 Å². The summed E-state index contributed by atoms with van der Waals surface area (Å²) in [6, 6.07) is 11.1. The smallest absolute Gasteiger partial charge is 0.0133 e. The Labute approximate surface area is 111 Å². The zero-order chi connectivity index (χ0) is 12.9. The molecule has 0 amide bonds. The molecular weight excluding hydrogens is 216 g/mol. The first-order valence-corrected chi connectivity index (χ1v) is 7.24. The predicted molar refractivity (Wildman–Crippen MR) is 77.6 cm³/mol. The van der Waals surface area contributed by atoms with Crippen LogP contribution >= 0.6 is 0 Å². The quantitative estimate of drug-likeness (QED) is 0.599. The molecule has 0 nitrogen and oxygen atoms in total. The normalized spacial score (nSPS) is 34.8. The van der Waals surface area contributed by atoms with Crippen LogP contribution in [0.25, 0.3) is 0 Å². The van der Waals surface area contributed by atoms with E-state index in [1.807, 2.05) is 0 Å². The van der Waals surface area contributed by atoms with E-state index in [1.165, 1.54) is 31.2 Å². The van der Waals surface area contributed by atoms with Gasteiger partial charge in [-0.15, -0.1) is 0 Å². The van der Waals surface area contributed by atoms with Crippen molar-refractivity contribution in [3.63, 3.8) is 0 Å². The molecule has 0 heteroatoms. The van der Waals surface area contributed by atoms with Crippen LogP contribution in [-0.4, -0.2) is 0 Å². The van der Waals surface area contributed by atoms with Crippen LogP contribution in [0.15, 0.2) is 42.5 Å². The van der Waals surface area contributed by atoms with Crippen molar-refractivity contribution in [2.24, 2.45) is 10.8 Å². The third-order valence-electron chi connectivity index (χ3n) is 5.60. The van der Waals surface area contributed by atoms with E-state index in [0.29, 0.717) is 16.2 Å².